The highest BCUT2D eigenvalue weighted by atomic mass is 16.5. The van der Waals surface area contributed by atoms with Gasteiger partial charge in [0.05, 0.1) is 19.1 Å². The zero-order valence-corrected chi connectivity index (χ0v) is 19.3. The van der Waals surface area contributed by atoms with Crippen molar-refractivity contribution in [2.75, 3.05) is 50.9 Å². The molecule has 0 aliphatic carbocycles. The Morgan fingerprint density at radius 2 is 1.66 bits per heavy atom. The number of ether oxygens (including phenoxy) is 2. The van der Waals surface area contributed by atoms with Crippen LogP contribution in [0.5, 0.6) is 0 Å². The third-order valence-electron chi connectivity index (χ3n) is 6.58. The molecule has 4 rings (SSSR count). The van der Waals surface area contributed by atoms with Gasteiger partial charge in [-0.1, -0.05) is 36.4 Å². The minimum atomic E-state index is -0.0452. The van der Waals surface area contributed by atoms with Crippen LogP contribution < -0.4 is 4.90 Å². The molecule has 2 aliphatic heterocycles. The first kappa shape index (κ1) is 22.8. The number of aryl methyl sites for hydroxylation is 2. The Hall–Kier alpha value is -2.37. The van der Waals surface area contributed by atoms with Crippen LogP contribution in [0.4, 0.5) is 11.4 Å². The lowest BCUT2D eigenvalue weighted by Crippen LogP contribution is -2.41. The third-order valence-corrected chi connectivity index (χ3v) is 6.58. The van der Waals surface area contributed by atoms with Crippen molar-refractivity contribution in [3.8, 4) is 0 Å². The van der Waals surface area contributed by atoms with Crippen molar-refractivity contribution in [3.05, 3.63) is 59.7 Å². The maximum absolute atomic E-state index is 12.0. The second kappa shape index (κ2) is 11.5. The van der Waals surface area contributed by atoms with Crippen molar-refractivity contribution < 1.29 is 14.3 Å². The average molecular weight is 437 g/mol. The van der Waals surface area contributed by atoms with Crippen LogP contribution >= 0.6 is 0 Å². The fourth-order valence-corrected chi connectivity index (χ4v) is 4.94. The topological polar surface area (TPSA) is 42.0 Å². The van der Waals surface area contributed by atoms with E-state index in [2.05, 4.69) is 58.3 Å². The molecule has 0 unspecified atom stereocenters. The lowest BCUT2D eigenvalue weighted by Gasteiger charge is -2.31. The van der Waals surface area contributed by atoms with Crippen LogP contribution in [0, 0.1) is 5.92 Å². The van der Waals surface area contributed by atoms with Gasteiger partial charge in [0.25, 0.3) is 0 Å². The Bertz CT molecular complexity index is 837. The van der Waals surface area contributed by atoms with E-state index in [1.807, 2.05) is 6.92 Å². The highest BCUT2D eigenvalue weighted by Gasteiger charge is 2.26. The van der Waals surface area contributed by atoms with E-state index in [4.69, 9.17) is 9.47 Å². The number of carbonyl (C=O) groups excluding carboxylic acids is 1. The number of fused-ring (bicyclic) bond motifs is 2. The van der Waals surface area contributed by atoms with Gasteiger partial charge < -0.3 is 19.3 Å². The number of nitrogens with zero attached hydrogens (tertiary/aromatic N) is 2. The number of anilines is 2. The van der Waals surface area contributed by atoms with E-state index in [0.29, 0.717) is 13.2 Å². The van der Waals surface area contributed by atoms with Crippen LogP contribution in [0.2, 0.25) is 0 Å². The van der Waals surface area contributed by atoms with Crippen LogP contribution in [0.3, 0.4) is 0 Å². The van der Waals surface area contributed by atoms with Crippen LogP contribution in [-0.4, -0.2) is 56.9 Å². The van der Waals surface area contributed by atoms with Gasteiger partial charge in [-0.15, -0.1) is 0 Å². The fourth-order valence-electron chi connectivity index (χ4n) is 4.94. The molecular formula is C27H36N2O3. The molecule has 0 aromatic heterocycles. The first-order valence-corrected chi connectivity index (χ1v) is 12.2. The summed E-state index contributed by atoms with van der Waals surface area (Å²) < 4.78 is 11.2. The molecule has 0 amide bonds. The predicted octanol–water partition coefficient (Wildman–Crippen LogP) is 4.61. The maximum Gasteiger partial charge on any atom is 0.310 e. The van der Waals surface area contributed by atoms with Crippen LogP contribution in [0.1, 0.15) is 37.3 Å². The Labute approximate surface area is 192 Å². The second-order valence-electron chi connectivity index (χ2n) is 8.77. The second-order valence-corrected chi connectivity index (χ2v) is 8.77. The molecule has 2 aromatic rings. The molecule has 0 N–H and O–H groups in total. The Kier molecular flexibility index (Phi) is 8.18. The smallest absolute Gasteiger partial charge is 0.310 e. The minimum absolute atomic E-state index is 0.0203. The summed E-state index contributed by atoms with van der Waals surface area (Å²) in [5, 5.41) is 0. The molecule has 2 aromatic carbocycles. The zero-order valence-electron chi connectivity index (χ0n) is 19.3. The van der Waals surface area contributed by atoms with Gasteiger partial charge in [0.2, 0.25) is 0 Å². The summed E-state index contributed by atoms with van der Waals surface area (Å²) in [6, 6.07) is 17.6. The molecule has 0 radical (unpaired) electrons. The first-order chi connectivity index (χ1) is 15.8. The predicted molar refractivity (Wildman–Crippen MR) is 129 cm³/mol. The van der Waals surface area contributed by atoms with Crippen LogP contribution in [-0.2, 0) is 27.1 Å². The van der Waals surface area contributed by atoms with E-state index in [1.54, 1.807) is 0 Å². The number of para-hydroxylation sites is 2. The van der Waals surface area contributed by atoms with Crippen molar-refractivity contribution in [1.82, 2.24) is 4.90 Å². The normalized spacial score (nSPS) is 18.5. The highest BCUT2D eigenvalue weighted by Crippen LogP contribution is 2.35. The molecule has 0 spiro atoms. The van der Waals surface area contributed by atoms with E-state index >= 15 is 0 Å². The van der Waals surface area contributed by atoms with E-state index in [0.717, 1.165) is 64.9 Å². The van der Waals surface area contributed by atoms with Crippen molar-refractivity contribution in [1.29, 1.82) is 0 Å². The first-order valence-electron chi connectivity index (χ1n) is 12.2. The van der Waals surface area contributed by atoms with Gasteiger partial charge in [-0.3, -0.25) is 4.79 Å². The molecule has 1 atom stereocenters. The van der Waals surface area contributed by atoms with Gasteiger partial charge in [-0.05, 0) is 68.8 Å². The molecule has 0 bridgehead atoms. The quantitative estimate of drug-likeness (QED) is 0.424. The molecule has 1 fully saturated rings. The molecule has 172 valence electrons. The van der Waals surface area contributed by atoms with Crippen molar-refractivity contribution in [3.63, 3.8) is 0 Å². The number of hydrogen-bond donors (Lipinski definition) is 0. The van der Waals surface area contributed by atoms with Crippen molar-refractivity contribution in [2.45, 2.75) is 39.0 Å². The van der Waals surface area contributed by atoms with Gasteiger partial charge >= 0.3 is 5.97 Å². The Morgan fingerprint density at radius 1 is 0.969 bits per heavy atom. The summed E-state index contributed by atoms with van der Waals surface area (Å²) in [4.78, 5) is 16.8. The fraction of sp³-hybridized carbons (Fsp3) is 0.519. The Balaban J connectivity index is 1.24. The SMILES string of the molecule is CCOC(=O)[C@@H]1CCCN(CCOCCCN2c3ccccc3CCc3ccccc32)C1. The number of piperidine rings is 1. The highest BCUT2D eigenvalue weighted by molar-refractivity contribution is 5.73. The lowest BCUT2D eigenvalue weighted by atomic mass is 9.98. The number of rotatable bonds is 9. The summed E-state index contributed by atoms with van der Waals surface area (Å²) in [5.74, 6) is -0.0250. The Morgan fingerprint density at radius 3 is 2.34 bits per heavy atom. The number of hydrogen-bond acceptors (Lipinski definition) is 5. The summed E-state index contributed by atoms with van der Waals surface area (Å²) in [6.07, 6.45) is 5.14. The molecule has 5 nitrogen and oxygen atoms in total. The molecule has 2 heterocycles. The van der Waals surface area contributed by atoms with Crippen molar-refractivity contribution in [2.24, 2.45) is 5.92 Å². The third kappa shape index (κ3) is 5.70. The van der Waals surface area contributed by atoms with E-state index in [9.17, 15) is 4.79 Å². The average Bonchev–Trinajstić information content (AvgIpc) is 2.99. The number of carbonyl (C=O) groups is 1. The largest absolute Gasteiger partial charge is 0.466 e. The summed E-state index contributed by atoms with van der Waals surface area (Å²) in [5.41, 5.74) is 5.50. The van der Waals surface area contributed by atoms with Crippen LogP contribution in [0.25, 0.3) is 0 Å². The van der Waals surface area contributed by atoms with Gasteiger partial charge in [0.15, 0.2) is 0 Å². The monoisotopic (exact) mass is 436 g/mol. The number of esters is 1. The number of likely N-dealkylation sites (tertiary alicyclic amines) is 1. The van der Waals surface area contributed by atoms with Crippen molar-refractivity contribution >= 4 is 17.3 Å². The zero-order chi connectivity index (χ0) is 22.2. The van der Waals surface area contributed by atoms with E-state index < -0.39 is 0 Å². The molecule has 32 heavy (non-hydrogen) atoms. The van der Waals surface area contributed by atoms with E-state index in [1.165, 1.54) is 22.5 Å². The van der Waals surface area contributed by atoms with Gasteiger partial charge in [0.1, 0.15) is 0 Å². The molecular weight excluding hydrogens is 400 g/mol. The maximum atomic E-state index is 12.0. The number of benzene rings is 2. The molecule has 5 heteroatoms. The summed E-state index contributed by atoms with van der Waals surface area (Å²) >= 11 is 0. The van der Waals surface area contributed by atoms with Gasteiger partial charge in [-0.25, -0.2) is 0 Å². The summed E-state index contributed by atoms with van der Waals surface area (Å²) in [6.45, 7) is 7.45. The van der Waals surface area contributed by atoms with Gasteiger partial charge in [0, 0.05) is 37.6 Å². The van der Waals surface area contributed by atoms with Crippen LogP contribution in [0.15, 0.2) is 48.5 Å². The molecule has 1 saturated heterocycles. The lowest BCUT2D eigenvalue weighted by molar-refractivity contribution is -0.150. The molecule has 0 saturated carbocycles. The standard InChI is InChI=1S/C27H36N2O3/c1-2-32-27(30)24-11-7-16-28(21-24)18-20-31-19-8-17-29-25-12-5-3-9-22(25)14-15-23-10-4-6-13-26(23)29/h3-6,9-10,12-13,24H,2,7-8,11,14-21H2,1H3/t24-/m1/s1. The summed E-state index contributed by atoms with van der Waals surface area (Å²) in [7, 11) is 0. The minimum Gasteiger partial charge on any atom is -0.466 e. The van der Waals surface area contributed by atoms with Gasteiger partial charge in [-0.2, -0.15) is 0 Å². The molecule has 2 aliphatic rings. The van der Waals surface area contributed by atoms with E-state index in [-0.39, 0.29) is 11.9 Å².